The van der Waals surface area contributed by atoms with Crippen LogP contribution in [-0.4, -0.2) is 34.3 Å². The van der Waals surface area contributed by atoms with Crippen LogP contribution < -0.4 is 4.90 Å². The summed E-state index contributed by atoms with van der Waals surface area (Å²) in [6.07, 6.45) is 5.79. The molecule has 1 aromatic heterocycles. The number of piperidine rings is 1. The molecule has 1 saturated heterocycles. The first-order valence-corrected chi connectivity index (χ1v) is 4.96. The van der Waals surface area contributed by atoms with Crippen LogP contribution in [0.25, 0.3) is 0 Å². The van der Waals surface area contributed by atoms with Crippen LogP contribution in [0.5, 0.6) is 0 Å². The summed E-state index contributed by atoms with van der Waals surface area (Å²) in [5.41, 5.74) is 0. The average molecular weight is 193 g/mol. The number of aliphatic hydroxyl groups excluding tert-OH is 1. The fraction of sp³-hybridized carbons (Fsp3) is 0.600. The zero-order valence-electron chi connectivity index (χ0n) is 8.30. The Morgan fingerprint density at radius 1 is 1.50 bits per heavy atom. The zero-order chi connectivity index (χ0) is 9.97. The van der Waals surface area contributed by atoms with Crippen molar-refractivity contribution in [1.82, 2.24) is 9.97 Å². The van der Waals surface area contributed by atoms with Gasteiger partial charge in [-0.25, -0.2) is 4.98 Å². The SMILES string of the molecule is CC1CN(c2cnccn2)CCC1O. The molecule has 0 saturated carbocycles. The molecule has 1 fully saturated rings. The molecular weight excluding hydrogens is 178 g/mol. The van der Waals surface area contributed by atoms with E-state index in [4.69, 9.17) is 0 Å². The van der Waals surface area contributed by atoms with Gasteiger partial charge in [0.15, 0.2) is 0 Å². The Morgan fingerprint density at radius 3 is 3.00 bits per heavy atom. The summed E-state index contributed by atoms with van der Waals surface area (Å²) < 4.78 is 0. The third kappa shape index (κ3) is 1.85. The van der Waals surface area contributed by atoms with Crippen LogP contribution in [-0.2, 0) is 0 Å². The highest BCUT2D eigenvalue weighted by Crippen LogP contribution is 2.20. The topological polar surface area (TPSA) is 49.2 Å². The molecule has 0 aliphatic carbocycles. The molecule has 0 amide bonds. The second kappa shape index (κ2) is 3.92. The molecule has 0 aromatic carbocycles. The molecule has 76 valence electrons. The van der Waals surface area contributed by atoms with Gasteiger partial charge in [-0.2, -0.15) is 0 Å². The minimum atomic E-state index is -0.164. The van der Waals surface area contributed by atoms with E-state index in [9.17, 15) is 5.11 Å². The average Bonchev–Trinajstić information content (AvgIpc) is 2.23. The molecule has 2 heterocycles. The lowest BCUT2D eigenvalue weighted by Crippen LogP contribution is -2.42. The van der Waals surface area contributed by atoms with Crippen molar-refractivity contribution in [2.75, 3.05) is 18.0 Å². The molecule has 1 aromatic rings. The number of aliphatic hydroxyl groups is 1. The maximum atomic E-state index is 9.58. The Morgan fingerprint density at radius 2 is 2.36 bits per heavy atom. The van der Waals surface area contributed by atoms with Crippen molar-refractivity contribution in [2.45, 2.75) is 19.4 Å². The molecule has 0 spiro atoms. The van der Waals surface area contributed by atoms with Gasteiger partial charge in [0.25, 0.3) is 0 Å². The van der Waals surface area contributed by atoms with Crippen molar-refractivity contribution in [3.8, 4) is 0 Å². The summed E-state index contributed by atoms with van der Waals surface area (Å²) in [6, 6.07) is 0. The van der Waals surface area contributed by atoms with E-state index >= 15 is 0 Å². The number of aromatic nitrogens is 2. The third-order valence-corrected chi connectivity index (χ3v) is 2.73. The lowest BCUT2D eigenvalue weighted by molar-refractivity contribution is 0.0968. The van der Waals surface area contributed by atoms with Gasteiger partial charge in [0.2, 0.25) is 0 Å². The predicted molar refractivity (Wildman–Crippen MR) is 54.0 cm³/mol. The van der Waals surface area contributed by atoms with Crippen molar-refractivity contribution in [3.63, 3.8) is 0 Å². The van der Waals surface area contributed by atoms with Crippen LogP contribution in [0.3, 0.4) is 0 Å². The first-order chi connectivity index (χ1) is 6.77. The van der Waals surface area contributed by atoms with Gasteiger partial charge >= 0.3 is 0 Å². The summed E-state index contributed by atoms with van der Waals surface area (Å²) >= 11 is 0. The molecule has 0 radical (unpaired) electrons. The summed E-state index contributed by atoms with van der Waals surface area (Å²) in [7, 11) is 0. The summed E-state index contributed by atoms with van der Waals surface area (Å²) in [6.45, 7) is 3.79. The van der Waals surface area contributed by atoms with Crippen molar-refractivity contribution < 1.29 is 5.11 Å². The molecule has 1 aliphatic heterocycles. The predicted octanol–water partition coefficient (Wildman–Crippen LogP) is 0.684. The lowest BCUT2D eigenvalue weighted by atomic mass is 9.97. The Hall–Kier alpha value is -1.16. The maximum Gasteiger partial charge on any atom is 0.147 e. The van der Waals surface area contributed by atoms with Crippen molar-refractivity contribution >= 4 is 5.82 Å². The smallest absolute Gasteiger partial charge is 0.147 e. The van der Waals surface area contributed by atoms with Crippen LogP contribution in [0, 0.1) is 5.92 Å². The van der Waals surface area contributed by atoms with E-state index < -0.39 is 0 Å². The third-order valence-electron chi connectivity index (χ3n) is 2.73. The molecular formula is C10H15N3O. The summed E-state index contributed by atoms with van der Waals surface area (Å²) in [5, 5.41) is 9.58. The molecule has 4 nitrogen and oxygen atoms in total. The van der Waals surface area contributed by atoms with Crippen molar-refractivity contribution in [3.05, 3.63) is 18.6 Å². The van der Waals surface area contributed by atoms with Gasteiger partial charge in [0.1, 0.15) is 5.82 Å². The molecule has 2 rings (SSSR count). The number of hydrogen-bond donors (Lipinski definition) is 1. The largest absolute Gasteiger partial charge is 0.393 e. The minimum absolute atomic E-state index is 0.164. The van der Waals surface area contributed by atoms with E-state index in [1.807, 2.05) is 0 Å². The fourth-order valence-corrected chi connectivity index (χ4v) is 1.80. The van der Waals surface area contributed by atoms with Gasteiger partial charge < -0.3 is 10.0 Å². The maximum absolute atomic E-state index is 9.58. The first kappa shape index (κ1) is 9.40. The summed E-state index contributed by atoms with van der Waals surface area (Å²) in [4.78, 5) is 10.5. The molecule has 0 bridgehead atoms. The molecule has 2 unspecified atom stereocenters. The molecule has 14 heavy (non-hydrogen) atoms. The van der Waals surface area contributed by atoms with E-state index in [1.165, 1.54) is 0 Å². The lowest BCUT2D eigenvalue weighted by Gasteiger charge is -2.34. The molecule has 2 atom stereocenters. The fourth-order valence-electron chi connectivity index (χ4n) is 1.80. The van der Waals surface area contributed by atoms with Gasteiger partial charge in [-0.15, -0.1) is 0 Å². The number of hydrogen-bond acceptors (Lipinski definition) is 4. The number of rotatable bonds is 1. The molecule has 4 heteroatoms. The minimum Gasteiger partial charge on any atom is -0.393 e. The van der Waals surface area contributed by atoms with Crippen molar-refractivity contribution in [1.29, 1.82) is 0 Å². The van der Waals surface area contributed by atoms with Gasteiger partial charge in [-0.3, -0.25) is 4.98 Å². The van der Waals surface area contributed by atoms with Crippen LogP contribution in [0.15, 0.2) is 18.6 Å². The molecule has 1 N–H and O–H groups in total. The van der Waals surface area contributed by atoms with Gasteiger partial charge in [0.05, 0.1) is 12.3 Å². The Labute approximate surface area is 83.6 Å². The Balaban J connectivity index is 2.07. The van der Waals surface area contributed by atoms with E-state index in [0.29, 0.717) is 5.92 Å². The van der Waals surface area contributed by atoms with Gasteiger partial charge in [-0.05, 0) is 12.3 Å². The van der Waals surface area contributed by atoms with Crippen LogP contribution in [0.2, 0.25) is 0 Å². The highest BCUT2D eigenvalue weighted by Gasteiger charge is 2.24. The quantitative estimate of drug-likeness (QED) is 0.712. The number of anilines is 1. The standard InChI is InChI=1S/C10H15N3O/c1-8-7-13(5-2-9(8)14)10-6-11-3-4-12-10/h3-4,6,8-9,14H,2,5,7H2,1H3. The highest BCUT2D eigenvalue weighted by molar-refractivity contribution is 5.35. The van der Waals surface area contributed by atoms with Crippen LogP contribution >= 0.6 is 0 Å². The normalized spacial score (nSPS) is 27.7. The zero-order valence-corrected chi connectivity index (χ0v) is 8.30. The van der Waals surface area contributed by atoms with Gasteiger partial charge in [0, 0.05) is 25.5 Å². The van der Waals surface area contributed by atoms with E-state index in [1.54, 1.807) is 18.6 Å². The Bertz CT molecular complexity index is 291. The van der Waals surface area contributed by atoms with Crippen LogP contribution in [0.4, 0.5) is 5.82 Å². The van der Waals surface area contributed by atoms with E-state index in [2.05, 4.69) is 21.8 Å². The van der Waals surface area contributed by atoms with Gasteiger partial charge in [-0.1, -0.05) is 6.92 Å². The second-order valence-electron chi connectivity index (χ2n) is 3.84. The highest BCUT2D eigenvalue weighted by atomic mass is 16.3. The Kier molecular flexibility index (Phi) is 2.63. The van der Waals surface area contributed by atoms with Crippen LogP contribution in [0.1, 0.15) is 13.3 Å². The van der Waals surface area contributed by atoms with E-state index in [-0.39, 0.29) is 6.10 Å². The van der Waals surface area contributed by atoms with E-state index in [0.717, 1.165) is 25.3 Å². The summed E-state index contributed by atoms with van der Waals surface area (Å²) in [5.74, 6) is 1.22. The number of nitrogens with zero attached hydrogens (tertiary/aromatic N) is 3. The first-order valence-electron chi connectivity index (χ1n) is 4.96. The monoisotopic (exact) mass is 193 g/mol. The van der Waals surface area contributed by atoms with Crippen molar-refractivity contribution in [2.24, 2.45) is 5.92 Å². The second-order valence-corrected chi connectivity index (χ2v) is 3.84. The molecule has 1 aliphatic rings.